The number of aliphatic hydroxyl groups excluding tert-OH is 2. The Morgan fingerprint density at radius 3 is 2.60 bits per heavy atom. The van der Waals surface area contributed by atoms with E-state index in [1.165, 1.54) is 0 Å². The van der Waals surface area contributed by atoms with Crippen molar-refractivity contribution >= 4 is 32.8 Å². The Hall–Kier alpha value is -1.31. The second kappa shape index (κ2) is 9.88. The number of nitrogen functional groups attached to an aromatic ring is 1. The zero-order valence-corrected chi connectivity index (χ0v) is 18.6. The van der Waals surface area contributed by atoms with Crippen LogP contribution in [0.15, 0.2) is 6.20 Å². The van der Waals surface area contributed by atoms with E-state index >= 15 is 0 Å². The van der Waals surface area contributed by atoms with Crippen molar-refractivity contribution in [3.05, 3.63) is 33.2 Å². The van der Waals surface area contributed by atoms with Crippen LogP contribution in [0, 0.1) is 13.8 Å². The van der Waals surface area contributed by atoms with Gasteiger partial charge in [0.15, 0.2) is 18.3 Å². The highest BCUT2D eigenvalue weighted by molar-refractivity contribution is 7.60. The van der Waals surface area contributed by atoms with E-state index in [0.717, 1.165) is 11.3 Å². The predicted molar refractivity (Wildman–Crippen MR) is 102 cm³/mol. The van der Waals surface area contributed by atoms with Crippen LogP contribution in [0.3, 0.4) is 0 Å². The minimum atomic E-state index is -5.26. The second-order valence-electron chi connectivity index (χ2n) is 6.16. The van der Waals surface area contributed by atoms with Crippen LogP contribution in [-0.4, -0.2) is 43.2 Å². The second-order valence-corrected chi connectivity index (χ2v) is 10.1. The molecule has 30 heavy (non-hydrogen) atoms. The van der Waals surface area contributed by atoms with Crippen molar-refractivity contribution in [2.45, 2.75) is 32.9 Å². The quantitative estimate of drug-likeness (QED) is 0.208. The lowest BCUT2D eigenvalue weighted by molar-refractivity contribution is -0.700. The number of nitrogens with two attached hydrogens (primary N) is 1. The lowest BCUT2D eigenvalue weighted by atomic mass is 10.2. The van der Waals surface area contributed by atoms with E-state index in [9.17, 15) is 24.2 Å². The van der Waals surface area contributed by atoms with Crippen molar-refractivity contribution in [1.82, 2.24) is 9.97 Å². The highest BCUT2D eigenvalue weighted by Gasteiger charge is 2.30. The van der Waals surface area contributed by atoms with E-state index in [0.29, 0.717) is 27.0 Å². The van der Waals surface area contributed by atoms with E-state index in [2.05, 4.69) is 18.8 Å². The number of nitrogens with zero attached hydrogens (tertiary/aromatic N) is 3. The summed E-state index contributed by atoms with van der Waals surface area (Å²) in [4.78, 5) is 37.4. The molecule has 0 saturated carbocycles. The summed E-state index contributed by atoms with van der Waals surface area (Å²) in [6.45, 7) is 2.61. The van der Waals surface area contributed by atoms with Gasteiger partial charge in [-0.3, -0.25) is 4.57 Å². The number of hydrogen-bond donors (Lipinski definition) is 5. The van der Waals surface area contributed by atoms with Crippen molar-refractivity contribution < 1.29 is 47.4 Å². The van der Waals surface area contributed by atoms with Gasteiger partial charge in [0, 0.05) is 19.5 Å². The average molecular weight is 484 g/mol. The Morgan fingerprint density at radius 1 is 1.37 bits per heavy atom. The molecule has 0 aromatic carbocycles. The Balaban J connectivity index is 2.23. The summed E-state index contributed by atoms with van der Waals surface area (Å²) in [6.07, 6.45) is 0.387. The van der Waals surface area contributed by atoms with Crippen LogP contribution in [0.4, 0.5) is 5.82 Å². The van der Waals surface area contributed by atoms with Crippen molar-refractivity contribution in [2.24, 2.45) is 0 Å². The van der Waals surface area contributed by atoms with Gasteiger partial charge >= 0.3 is 7.82 Å². The van der Waals surface area contributed by atoms with Crippen molar-refractivity contribution in [1.29, 1.82) is 0 Å². The first-order valence-electron chi connectivity index (χ1n) is 8.44. The molecule has 16 heteroatoms. The van der Waals surface area contributed by atoms with Crippen LogP contribution >= 0.6 is 27.0 Å². The molecule has 2 heterocycles. The molecule has 0 amide bonds. The van der Waals surface area contributed by atoms with Gasteiger partial charge in [-0.2, -0.15) is 4.57 Å². The maximum atomic E-state index is 11.4. The van der Waals surface area contributed by atoms with Crippen LogP contribution in [0.5, 0.6) is 0 Å². The van der Waals surface area contributed by atoms with E-state index < -0.39 is 35.0 Å². The van der Waals surface area contributed by atoms with Gasteiger partial charge in [0.05, 0.1) is 23.7 Å². The van der Waals surface area contributed by atoms with Gasteiger partial charge < -0.3 is 35.2 Å². The number of phosphoric acid groups is 2. The third kappa shape index (κ3) is 6.86. The van der Waals surface area contributed by atoms with Crippen LogP contribution < -0.4 is 15.2 Å². The monoisotopic (exact) mass is 484 g/mol. The molecule has 0 radical (unpaired) electrons. The maximum Gasteiger partial charge on any atom is 0.476 e. The molecule has 0 aliphatic heterocycles. The summed E-state index contributed by atoms with van der Waals surface area (Å²) in [5.41, 5.74) is 7.15. The fourth-order valence-corrected chi connectivity index (χ4v) is 5.30. The largest absolute Gasteiger partial charge is 0.756 e. The Labute approximate surface area is 175 Å². The Kier molecular flexibility index (Phi) is 8.22. The Bertz CT molecular complexity index is 996. The zero-order chi connectivity index (χ0) is 22.7. The highest BCUT2D eigenvalue weighted by atomic mass is 32.1. The molecule has 0 aliphatic carbocycles. The van der Waals surface area contributed by atoms with Crippen LogP contribution in [0.2, 0.25) is 0 Å². The van der Waals surface area contributed by atoms with E-state index in [-0.39, 0.29) is 18.8 Å². The first-order chi connectivity index (χ1) is 13.8. The molecule has 1 unspecified atom stereocenters. The molecule has 2 aromatic rings. The molecule has 2 rings (SSSR count). The summed E-state index contributed by atoms with van der Waals surface area (Å²) >= 11 is 1.12. The summed E-state index contributed by atoms with van der Waals surface area (Å²) < 4.78 is 31.9. The molecule has 0 bridgehead atoms. The minimum Gasteiger partial charge on any atom is -0.756 e. The lowest BCUT2D eigenvalue weighted by Crippen LogP contribution is -2.41. The molecule has 0 spiro atoms. The number of aromatic nitrogens is 3. The molecule has 0 fully saturated rings. The van der Waals surface area contributed by atoms with E-state index in [4.69, 9.17) is 15.5 Å². The summed E-state index contributed by atoms with van der Waals surface area (Å²) in [5.74, 6) is 0.758. The number of thiazole rings is 1. The number of anilines is 1. The van der Waals surface area contributed by atoms with Gasteiger partial charge in [-0.1, -0.05) is 11.3 Å². The van der Waals surface area contributed by atoms with Crippen LogP contribution in [0.1, 0.15) is 33.1 Å². The molecule has 13 nitrogen and oxygen atoms in total. The van der Waals surface area contributed by atoms with Crippen molar-refractivity contribution in [3.8, 4) is 0 Å². The molecular weight excluding hydrogens is 462 g/mol. The van der Waals surface area contributed by atoms with Gasteiger partial charge in [0.25, 0.3) is 12.8 Å². The van der Waals surface area contributed by atoms with Gasteiger partial charge in [-0.05, 0) is 6.92 Å². The number of phosphoric ester groups is 1. The van der Waals surface area contributed by atoms with Crippen LogP contribution in [-0.2, 0) is 30.9 Å². The molecule has 0 aliphatic rings. The summed E-state index contributed by atoms with van der Waals surface area (Å²) in [7, 11) is -10.5. The Morgan fingerprint density at radius 2 is 2.03 bits per heavy atom. The maximum absolute atomic E-state index is 11.4. The molecular formula is C14H22N4O9P2S. The summed E-state index contributed by atoms with van der Waals surface area (Å²) in [5, 5.41) is 19.9. The third-order valence-corrected chi connectivity index (χ3v) is 7.49. The number of aliphatic hydroxyl groups is 2. The molecule has 2 atom stereocenters. The topological polar surface area (TPSA) is 212 Å². The minimum absolute atomic E-state index is 0.0330. The van der Waals surface area contributed by atoms with Gasteiger partial charge in [0.2, 0.25) is 0 Å². The van der Waals surface area contributed by atoms with E-state index in [1.807, 2.05) is 0 Å². The fraction of sp³-hybridized carbons (Fsp3) is 0.500. The van der Waals surface area contributed by atoms with Crippen molar-refractivity contribution in [2.75, 3.05) is 18.9 Å². The first-order valence-corrected chi connectivity index (χ1v) is 12.2. The highest BCUT2D eigenvalue weighted by Crippen LogP contribution is 2.54. The van der Waals surface area contributed by atoms with E-state index in [1.54, 1.807) is 24.6 Å². The number of hydrogen-bond acceptors (Lipinski definition) is 11. The standard InChI is InChI=1S/C14H22N4O9P2S/c1-8-12(3-4-26-29(24,25)27-28(21,22)23)30-14(11(20)7-19)18(8)6-10-5-16-9(2)17-13(10)15/h5,11,19-20H,3-4,6-7H2,1-2H3,(H4-,15,16,17,21,22,23,24,25)/t11-/m0/s1. The molecule has 6 N–H and O–H groups in total. The predicted octanol–water partition coefficient (Wildman–Crippen LogP) is -0.765. The summed E-state index contributed by atoms with van der Waals surface area (Å²) in [6, 6.07) is 0. The fourth-order valence-electron chi connectivity index (χ4n) is 2.53. The molecule has 2 aromatic heterocycles. The smallest absolute Gasteiger partial charge is 0.476 e. The zero-order valence-electron chi connectivity index (χ0n) is 16.0. The van der Waals surface area contributed by atoms with Crippen LogP contribution in [0.25, 0.3) is 0 Å². The molecule has 168 valence electrons. The average Bonchev–Trinajstić information content (AvgIpc) is 2.90. The SMILES string of the molecule is Cc1ncc(C[n+]2c([C@@H](O)CO)sc(CCOP(=O)([O-])OP(=O)(O)O)c2C)c(N)n1. The first kappa shape index (κ1) is 25.0. The van der Waals surface area contributed by atoms with Gasteiger partial charge in [-0.15, -0.1) is 0 Å². The third-order valence-electron chi connectivity index (χ3n) is 3.89. The normalized spacial score (nSPS) is 15.2. The van der Waals surface area contributed by atoms with Crippen molar-refractivity contribution in [3.63, 3.8) is 0 Å². The number of rotatable bonds is 10. The molecule has 0 saturated heterocycles. The lowest BCUT2D eigenvalue weighted by Gasteiger charge is -2.22. The number of aryl methyl sites for hydroxylation is 1. The van der Waals surface area contributed by atoms with Gasteiger partial charge in [0.1, 0.15) is 11.6 Å². The van der Waals surface area contributed by atoms with Gasteiger partial charge in [-0.25, -0.2) is 18.8 Å².